The highest BCUT2D eigenvalue weighted by Crippen LogP contribution is 2.06. The molecule has 0 aromatic carbocycles. The number of aliphatic imine (C=N–C) groups is 1. The number of nitrogens with two attached hydrogens (primary N) is 1. The van der Waals surface area contributed by atoms with Crippen LogP contribution in [0.1, 0.15) is 13.8 Å². The number of rotatable bonds is 1. The summed E-state index contributed by atoms with van der Waals surface area (Å²) in [5.41, 5.74) is 5.40. The van der Waals surface area contributed by atoms with E-state index in [0.717, 1.165) is 3.58 Å². The monoisotopic (exact) mass is 224 g/mol. The largest absolute Gasteiger partial charge is 0.383 e. The second-order valence-corrected chi connectivity index (χ2v) is 2.92. The van der Waals surface area contributed by atoms with Crippen LogP contribution in [-0.4, -0.2) is 6.21 Å². The van der Waals surface area contributed by atoms with Gasteiger partial charge in [-0.1, -0.05) is 0 Å². The van der Waals surface area contributed by atoms with Gasteiger partial charge in [-0.2, -0.15) is 0 Å². The number of nitrogens with zero attached hydrogens (tertiary/aromatic N) is 1. The van der Waals surface area contributed by atoms with Crippen LogP contribution in [-0.2, 0) is 0 Å². The summed E-state index contributed by atoms with van der Waals surface area (Å²) in [6.45, 7) is 3.76. The Balaban J connectivity index is 4.00. The topological polar surface area (TPSA) is 38.4 Å². The maximum Gasteiger partial charge on any atom is 0.131 e. The molecule has 0 aliphatic rings. The molecule has 0 amide bonds. The molecule has 2 N–H and O–H groups in total. The van der Waals surface area contributed by atoms with Gasteiger partial charge in [-0.05, 0) is 36.4 Å². The molecule has 46 valence electrons. The van der Waals surface area contributed by atoms with Gasteiger partial charge in [-0.25, -0.2) is 4.99 Å². The van der Waals surface area contributed by atoms with Crippen molar-refractivity contribution in [2.75, 3.05) is 0 Å². The lowest BCUT2D eigenvalue weighted by atomic mass is 10.6. The van der Waals surface area contributed by atoms with Crippen molar-refractivity contribution in [3.05, 3.63) is 9.40 Å². The number of halogens is 1. The molecule has 0 bridgehead atoms. The van der Waals surface area contributed by atoms with Crippen LogP contribution in [0.2, 0.25) is 0 Å². The van der Waals surface area contributed by atoms with Crippen molar-refractivity contribution >= 4 is 28.8 Å². The molecule has 0 aliphatic heterocycles. The Morgan fingerprint density at radius 2 is 2.25 bits per heavy atom. The van der Waals surface area contributed by atoms with E-state index < -0.39 is 0 Å². The van der Waals surface area contributed by atoms with E-state index in [2.05, 4.69) is 27.6 Å². The van der Waals surface area contributed by atoms with E-state index in [4.69, 9.17) is 5.73 Å². The average molecular weight is 224 g/mol. The zero-order valence-corrected chi connectivity index (χ0v) is 7.14. The first-order valence-electron chi connectivity index (χ1n) is 2.29. The fraction of sp³-hybridized carbons (Fsp3) is 0.400. The molecule has 0 saturated heterocycles. The Kier molecular flexibility index (Phi) is 3.85. The van der Waals surface area contributed by atoms with E-state index in [1.165, 1.54) is 0 Å². The molecule has 0 heterocycles. The summed E-state index contributed by atoms with van der Waals surface area (Å²) in [5.74, 6) is 0.605. The van der Waals surface area contributed by atoms with Gasteiger partial charge in [-0.3, -0.25) is 0 Å². The zero-order chi connectivity index (χ0) is 6.57. The van der Waals surface area contributed by atoms with Gasteiger partial charge in [0.05, 0.1) is 0 Å². The Morgan fingerprint density at radius 1 is 1.75 bits per heavy atom. The summed E-state index contributed by atoms with van der Waals surface area (Å²) >= 11 is 2.13. The standard InChI is InChI=1S/C5H9IN2/c1-3-8-5(7)4(2)6/h3H,7H2,1-2H3/b5-4+,8-3?. The van der Waals surface area contributed by atoms with Crippen molar-refractivity contribution in [3.8, 4) is 0 Å². The van der Waals surface area contributed by atoms with Crippen molar-refractivity contribution in [2.45, 2.75) is 13.8 Å². The molecule has 0 saturated carbocycles. The summed E-state index contributed by atoms with van der Waals surface area (Å²) in [5, 5.41) is 0. The summed E-state index contributed by atoms with van der Waals surface area (Å²) < 4.78 is 1.03. The Labute approximate surface area is 63.0 Å². The smallest absolute Gasteiger partial charge is 0.131 e. The lowest BCUT2D eigenvalue weighted by molar-refractivity contribution is 1.23. The first kappa shape index (κ1) is 7.94. The fourth-order valence-electron chi connectivity index (χ4n) is 0.228. The van der Waals surface area contributed by atoms with E-state index in [1.807, 2.05) is 13.8 Å². The normalized spacial score (nSPS) is 14.4. The summed E-state index contributed by atoms with van der Waals surface area (Å²) in [6.07, 6.45) is 1.68. The van der Waals surface area contributed by atoms with Crippen molar-refractivity contribution in [1.82, 2.24) is 0 Å². The Hall–Kier alpha value is -0.0600. The molecule has 2 nitrogen and oxygen atoms in total. The predicted octanol–water partition coefficient (Wildman–Crippen LogP) is 1.66. The van der Waals surface area contributed by atoms with Gasteiger partial charge in [0.25, 0.3) is 0 Å². The summed E-state index contributed by atoms with van der Waals surface area (Å²) in [7, 11) is 0. The third-order valence-electron chi connectivity index (χ3n) is 0.621. The highest BCUT2D eigenvalue weighted by Gasteiger charge is 1.84. The third kappa shape index (κ3) is 3.01. The van der Waals surface area contributed by atoms with E-state index in [9.17, 15) is 0 Å². The van der Waals surface area contributed by atoms with Crippen molar-refractivity contribution in [1.29, 1.82) is 0 Å². The van der Waals surface area contributed by atoms with Gasteiger partial charge in [0.15, 0.2) is 0 Å². The highest BCUT2D eigenvalue weighted by atomic mass is 127. The van der Waals surface area contributed by atoms with E-state index in [-0.39, 0.29) is 0 Å². The molecule has 0 radical (unpaired) electrons. The minimum absolute atomic E-state index is 0.605. The number of hydrogen-bond donors (Lipinski definition) is 1. The lowest BCUT2D eigenvalue weighted by Crippen LogP contribution is -1.93. The highest BCUT2D eigenvalue weighted by molar-refractivity contribution is 14.1. The van der Waals surface area contributed by atoms with E-state index in [1.54, 1.807) is 6.21 Å². The summed E-state index contributed by atoms with van der Waals surface area (Å²) in [6, 6.07) is 0. The van der Waals surface area contributed by atoms with Crippen LogP contribution in [0.15, 0.2) is 14.4 Å². The van der Waals surface area contributed by atoms with Crippen molar-refractivity contribution < 1.29 is 0 Å². The quantitative estimate of drug-likeness (QED) is 0.533. The van der Waals surface area contributed by atoms with Gasteiger partial charge in [0, 0.05) is 9.79 Å². The lowest BCUT2D eigenvalue weighted by Gasteiger charge is -1.89. The fourth-order valence-corrected chi connectivity index (χ4v) is 0.367. The molecule has 0 rings (SSSR count). The minimum atomic E-state index is 0.605. The van der Waals surface area contributed by atoms with E-state index >= 15 is 0 Å². The van der Waals surface area contributed by atoms with Gasteiger partial charge < -0.3 is 5.73 Å². The maximum atomic E-state index is 5.40. The number of hydrogen-bond acceptors (Lipinski definition) is 2. The molecule has 0 unspecified atom stereocenters. The average Bonchev–Trinajstić information content (AvgIpc) is 1.67. The molecule has 8 heavy (non-hydrogen) atoms. The van der Waals surface area contributed by atoms with E-state index in [0.29, 0.717) is 5.82 Å². The molecule has 0 aromatic heterocycles. The molecule has 0 aliphatic carbocycles. The SMILES string of the molecule is CC=N/C(N)=C(\C)I. The molecule has 0 fully saturated rings. The van der Waals surface area contributed by atoms with Crippen molar-refractivity contribution in [2.24, 2.45) is 10.7 Å². The van der Waals surface area contributed by atoms with Gasteiger partial charge in [0.1, 0.15) is 5.82 Å². The van der Waals surface area contributed by atoms with Gasteiger partial charge >= 0.3 is 0 Å². The molecule has 0 spiro atoms. The summed E-state index contributed by atoms with van der Waals surface area (Å²) in [4.78, 5) is 3.85. The van der Waals surface area contributed by atoms with Gasteiger partial charge in [-0.15, -0.1) is 0 Å². The molecule has 0 atom stereocenters. The van der Waals surface area contributed by atoms with Crippen LogP contribution in [0.5, 0.6) is 0 Å². The third-order valence-corrected chi connectivity index (χ3v) is 1.17. The maximum absolute atomic E-state index is 5.40. The first-order chi connectivity index (χ1) is 3.68. The van der Waals surface area contributed by atoms with Gasteiger partial charge in [0.2, 0.25) is 0 Å². The molecule has 0 aromatic rings. The first-order valence-corrected chi connectivity index (χ1v) is 3.37. The van der Waals surface area contributed by atoms with Crippen LogP contribution in [0.3, 0.4) is 0 Å². The zero-order valence-electron chi connectivity index (χ0n) is 4.98. The predicted molar refractivity (Wildman–Crippen MR) is 45.1 cm³/mol. The van der Waals surface area contributed by atoms with Crippen LogP contribution >= 0.6 is 22.6 Å². The van der Waals surface area contributed by atoms with Crippen LogP contribution < -0.4 is 5.73 Å². The van der Waals surface area contributed by atoms with Crippen LogP contribution in [0.4, 0.5) is 0 Å². The van der Waals surface area contributed by atoms with Crippen LogP contribution in [0.25, 0.3) is 0 Å². The molecular weight excluding hydrogens is 215 g/mol. The Morgan fingerprint density at radius 3 is 2.38 bits per heavy atom. The van der Waals surface area contributed by atoms with Crippen LogP contribution in [0, 0.1) is 0 Å². The second-order valence-electron chi connectivity index (χ2n) is 1.31. The molecular formula is C5H9IN2. The minimum Gasteiger partial charge on any atom is -0.383 e. The van der Waals surface area contributed by atoms with Crippen molar-refractivity contribution in [3.63, 3.8) is 0 Å². The Bertz CT molecular complexity index is 122. The second kappa shape index (κ2) is 3.88. The number of allylic oxidation sites excluding steroid dienone is 1. The molecule has 3 heteroatoms.